The van der Waals surface area contributed by atoms with Crippen molar-refractivity contribution in [3.8, 4) is 0 Å². The highest BCUT2D eigenvalue weighted by molar-refractivity contribution is 5.88. The van der Waals surface area contributed by atoms with Crippen molar-refractivity contribution in [2.75, 3.05) is 5.32 Å². The summed E-state index contributed by atoms with van der Waals surface area (Å²) in [5.74, 6) is -1.54. The SMILES string of the molecule is CC1CCCCC1Nc1nccc(C(=O)O)c1F. The van der Waals surface area contributed by atoms with Crippen molar-refractivity contribution < 1.29 is 14.3 Å². The Morgan fingerprint density at radius 3 is 2.89 bits per heavy atom. The summed E-state index contributed by atoms with van der Waals surface area (Å²) in [4.78, 5) is 14.7. The molecule has 1 aromatic heterocycles. The minimum atomic E-state index is -1.27. The molecule has 0 spiro atoms. The first kappa shape index (κ1) is 12.8. The Labute approximate surface area is 105 Å². The van der Waals surface area contributed by atoms with Crippen molar-refractivity contribution in [2.24, 2.45) is 5.92 Å². The Hall–Kier alpha value is -1.65. The van der Waals surface area contributed by atoms with Crippen LogP contribution in [0.5, 0.6) is 0 Å². The third-order valence-corrected chi connectivity index (χ3v) is 3.55. The number of hydrogen-bond acceptors (Lipinski definition) is 3. The van der Waals surface area contributed by atoms with Gasteiger partial charge in [-0.3, -0.25) is 0 Å². The molecular formula is C13H17FN2O2. The van der Waals surface area contributed by atoms with Gasteiger partial charge in [-0.2, -0.15) is 0 Å². The van der Waals surface area contributed by atoms with E-state index in [9.17, 15) is 9.18 Å². The summed E-state index contributed by atoms with van der Waals surface area (Å²) in [5.41, 5.74) is -0.337. The van der Waals surface area contributed by atoms with Gasteiger partial charge in [-0.15, -0.1) is 0 Å². The van der Waals surface area contributed by atoms with E-state index in [-0.39, 0.29) is 17.4 Å². The molecule has 1 fully saturated rings. The molecule has 2 rings (SSSR count). The van der Waals surface area contributed by atoms with Gasteiger partial charge in [0.2, 0.25) is 0 Å². The lowest BCUT2D eigenvalue weighted by Crippen LogP contribution is -2.31. The fourth-order valence-corrected chi connectivity index (χ4v) is 2.42. The van der Waals surface area contributed by atoms with Gasteiger partial charge in [0, 0.05) is 12.2 Å². The fourth-order valence-electron chi connectivity index (χ4n) is 2.42. The molecule has 0 radical (unpaired) electrons. The molecule has 0 aliphatic heterocycles. The van der Waals surface area contributed by atoms with Crippen LogP contribution in [0.15, 0.2) is 12.3 Å². The van der Waals surface area contributed by atoms with Gasteiger partial charge in [-0.25, -0.2) is 14.2 Å². The molecule has 0 bridgehead atoms. The van der Waals surface area contributed by atoms with Crippen LogP contribution in [0.4, 0.5) is 10.2 Å². The molecular weight excluding hydrogens is 235 g/mol. The molecule has 18 heavy (non-hydrogen) atoms. The number of nitrogens with one attached hydrogen (secondary N) is 1. The van der Waals surface area contributed by atoms with Gasteiger partial charge in [0.15, 0.2) is 11.6 Å². The Balaban J connectivity index is 2.18. The predicted molar refractivity (Wildman–Crippen MR) is 66.2 cm³/mol. The quantitative estimate of drug-likeness (QED) is 0.868. The molecule has 98 valence electrons. The molecule has 1 aliphatic carbocycles. The number of halogens is 1. The molecule has 0 saturated heterocycles. The zero-order valence-corrected chi connectivity index (χ0v) is 10.3. The lowest BCUT2D eigenvalue weighted by molar-refractivity contribution is 0.0692. The van der Waals surface area contributed by atoms with Gasteiger partial charge in [0.25, 0.3) is 0 Å². The first-order valence-electron chi connectivity index (χ1n) is 6.24. The van der Waals surface area contributed by atoms with Crippen LogP contribution in [0.1, 0.15) is 43.0 Å². The van der Waals surface area contributed by atoms with Gasteiger partial charge >= 0.3 is 5.97 Å². The molecule has 1 aliphatic rings. The number of pyridine rings is 1. The average Bonchev–Trinajstić information content (AvgIpc) is 2.34. The highest BCUT2D eigenvalue weighted by Gasteiger charge is 2.23. The Kier molecular flexibility index (Phi) is 3.79. The molecule has 4 nitrogen and oxygen atoms in total. The maximum absolute atomic E-state index is 13.9. The van der Waals surface area contributed by atoms with E-state index in [2.05, 4.69) is 17.2 Å². The smallest absolute Gasteiger partial charge is 0.338 e. The summed E-state index contributed by atoms with van der Waals surface area (Å²) in [5, 5.41) is 11.9. The van der Waals surface area contributed by atoms with Gasteiger partial charge in [0.05, 0.1) is 0 Å². The molecule has 2 atom stereocenters. The molecule has 2 N–H and O–H groups in total. The number of hydrogen-bond donors (Lipinski definition) is 2. The van der Waals surface area contributed by atoms with Crippen LogP contribution >= 0.6 is 0 Å². The number of carboxylic acids is 1. The zero-order chi connectivity index (χ0) is 13.1. The number of anilines is 1. The van der Waals surface area contributed by atoms with Gasteiger partial charge in [0.1, 0.15) is 5.56 Å². The minimum Gasteiger partial charge on any atom is -0.478 e. The van der Waals surface area contributed by atoms with Crippen LogP contribution in [0.25, 0.3) is 0 Å². The van der Waals surface area contributed by atoms with Crippen molar-refractivity contribution >= 4 is 11.8 Å². The van der Waals surface area contributed by atoms with Crippen LogP contribution in [0.2, 0.25) is 0 Å². The number of carboxylic acid groups (broad SMARTS) is 1. The number of aromatic nitrogens is 1. The second-order valence-corrected chi connectivity index (χ2v) is 4.84. The van der Waals surface area contributed by atoms with E-state index in [0.717, 1.165) is 19.3 Å². The van der Waals surface area contributed by atoms with E-state index in [4.69, 9.17) is 5.11 Å². The molecule has 0 aromatic carbocycles. The van der Waals surface area contributed by atoms with Crippen LogP contribution in [-0.2, 0) is 0 Å². The molecule has 0 amide bonds. The third kappa shape index (κ3) is 2.60. The van der Waals surface area contributed by atoms with E-state index in [1.54, 1.807) is 0 Å². The van der Waals surface area contributed by atoms with E-state index < -0.39 is 11.8 Å². The van der Waals surface area contributed by atoms with Crippen LogP contribution in [0, 0.1) is 11.7 Å². The first-order chi connectivity index (χ1) is 8.59. The first-order valence-corrected chi connectivity index (χ1v) is 6.24. The maximum Gasteiger partial charge on any atom is 0.338 e. The average molecular weight is 252 g/mol. The van der Waals surface area contributed by atoms with Crippen molar-refractivity contribution in [3.63, 3.8) is 0 Å². The van der Waals surface area contributed by atoms with Crippen LogP contribution < -0.4 is 5.32 Å². The molecule has 5 heteroatoms. The summed E-state index contributed by atoms with van der Waals surface area (Å²) in [6.07, 6.45) is 5.71. The van der Waals surface area contributed by atoms with Crippen molar-refractivity contribution in [1.82, 2.24) is 4.98 Å². The lowest BCUT2D eigenvalue weighted by Gasteiger charge is -2.30. The second-order valence-electron chi connectivity index (χ2n) is 4.84. The molecule has 2 unspecified atom stereocenters. The summed E-state index contributed by atoms with van der Waals surface area (Å²) >= 11 is 0. The lowest BCUT2D eigenvalue weighted by atomic mass is 9.86. The summed E-state index contributed by atoms with van der Waals surface area (Å²) in [6.45, 7) is 2.12. The van der Waals surface area contributed by atoms with E-state index in [1.165, 1.54) is 18.7 Å². The fraction of sp³-hybridized carbons (Fsp3) is 0.538. The van der Waals surface area contributed by atoms with Crippen molar-refractivity contribution in [3.05, 3.63) is 23.6 Å². The zero-order valence-electron chi connectivity index (χ0n) is 10.3. The predicted octanol–water partition coefficient (Wildman–Crippen LogP) is 2.91. The highest BCUT2D eigenvalue weighted by atomic mass is 19.1. The van der Waals surface area contributed by atoms with Gasteiger partial charge in [-0.1, -0.05) is 19.8 Å². The van der Waals surface area contributed by atoms with Crippen LogP contribution in [0.3, 0.4) is 0 Å². The summed E-state index contributed by atoms with van der Waals surface area (Å²) in [6, 6.07) is 1.34. The largest absolute Gasteiger partial charge is 0.478 e. The van der Waals surface area contributed by atoms with Gasteiger partial charge < -0.3 is 10.4 Å². The topological polar surface area (TPSA) is 62.2 Å². The number of nitrogens with zero attached hydrogens (tertiary/aromatic N) is 1. The molecule has 1 aromatic rings. The number of rotatable bonds is 3. The van der Waals surface area contributed by atoms with E-state index in [1.807, 2.05) is 0 Å². The summed E-state index contributed by atoms with van der Waals surface area (Å²) < 4.78 is 13.9. The maximum atomic E-state index is 13.9. The van der Waals surface area contributed by atoms with Crippen molar-refractivity contribution in [2.45, 2.75) is 38.6 Å². The van der Waals surface area contributed by atoms with Crippen molar-refractivity contribution in [1.29, 1.82) is 0 Å². The third-order valence-electron chi connectivity index (χ3n) is 3.55. The van der Waals surface area contributed by atoms with Gasteiger partial charge in [-0.05, 0) is 24.8 Å². The minimum absolute atomic E-state index is 0.0497. The number of carbonyl (C=O) groups is 1. The Morgan fingerprint density at radius 1 is 1.50 bits per heavy atom. The number of aromatic carboxylic acids is 1. The molecule has 1 saturated carbocycles. The monoisotopic (exact) mass is 252 g/mol. The highest BCUT2D eigenvalue weighted by Crippen LogP contribution is 2.27. The van der Waals surface area contributed by atoms with E-state index in [0.29, 0.717) is 5.92 Å². The van der Waals surface area contributed by atoms with E-state index >= 15 is 0 Å². The van der Waals surface area contributed by atoms with Crippen LogP contribution in [-0.4, -0.2) is 22.1 Å². The molecule has 1 heterocycles. The summed E-state index contributed by atoms with van der Waals surface area (Å²) in [7, 11) is 0. The normalized spacial score (nSPS) is 23.7. The standard InChI is InChI=1S/C13H17FN2O2/c1-8-4-2-3-5-10(8)16-12-11(14)9(13(17)18)6-7-15-12/h6-8,10H,2-5H2,1H3,(H,15,16)(H,17,18). The Morgan fingerprint density at radius 2 is 2.22 bits per heavy atom. The Bertz CT molecular complexity index is 451. The second kappa shape index (κ2) is 5.33.